The minimum Gasteiger partial charge on any atom is -0.337 e. The molecule has 1 saturated heterocycles. The molecule has 0 bridgehead atoms. The van der Waals surface area contributed by atoms with E-state index in [9.17, 15) is 18.0 Å². The van der Waals surface area contributed by atoms with Crippen molar-refractivity contribution in [3.63, 3.8) is 0 Å². The smallest absolute Gasteiger partial charge is 0.337 e. The number of carbonyl (C=O) groups is 1. The molecular weight excluding hydrogens is 369 g/mol. The molecule has 5 nitrogen and oxygen atoms in total. The maximum Gasteiger partial charge on any atom is 0.434 e. The number of benzene rings is 1. The van der Waals surface area contributed by atoms with Crippen molar-refractivity contribution in [2.24, 2.45) is 0 Å². The fourth-order valence-electron chi connectivity index (χ4n) is 3.12. The molecule has 26 heavy (non-hydrogen) atoms. The molecule has 1 N–H and O–H groups in total. The molecule has 9 heteroatoms. The molecule has 0 spiro atoms. The third-order valence-corrected chi connectivity index (χ3v) is 4.71. The molecule has 2 aromatic rings. The first-order valence-corrected chi connectivity index (χ1v) is 8.56. The molecule has 0 aliphatic carbocycles. The standard InChI is InChI=1S/C17H18ClF3N4O/c1-22-12-3-2-8-24(10-12)16(26)14-9-23-25(15(14)17(19,20)21)13-6-4-11(18)5-7-13/h4-7,9,12,22H,2-3,8,10H2,1H3. The van der Waals surface area contributed by atoms with Crippen molar-refractivity contribution in [3.8, 4) is 5.69 Å². The Morgan fingerprint density at radius 3 is 2.62 bits per heavy atom. The lowest BCUT2D eigenvalue weighted by Crippen LogP contribution is -2.47. The van der Waals surface area contributed by atoms with E-state index in [-0.39, 0.29) is 11.7 Å². The van der Waals surface area contributed by atoms with E-state index in [0.29, 0.717) is 18.1 Å². The van der Waals surface area contributed by atoms with Crippen LogP contribution in [-0.4, -0.2) is 46.8 Å². The second-order valence-corrected chi connectivity index (χ2v) is 6.61. The van der Waals surface area contributed by atoms with E-state index in [1.807, 2.05) is 0 Å². The topological polar surface area (TPSA) is 50.2 Å². The fraction of sp³-hybridized carbons (Fsp3) is 0.412. The highest BCUT2D eigenvalue weighted by Crippen LogP contribution is 2.34. The highest BCUT2D eigenvalue weighted by molar-refractivity contribution is 6.30. The number of hydrogen-bond acceptors (Lipinski definition) is 3. The largest absolute Gasteiger partial charge is 0.434 e. The van der Waals surface area contributed by atoms with E-state index >= 15 is 0 Å². The molecular formula is C17H18ClF3N4O. The van der Waals surface area contributed by atoms with Crippen molar-refractivity contribution in [3.05, 3.63) is 46.7 Å². The van der Waals surface area contributed by atoms with Crippen LogP contribution in [0.1, 0.15) is 28.9 Å². The van der Waals surface area contributed by atoms with Gasteiger partial charge in [0.15, 0.2) is 5.69 Å². The van der Waals surface area contributed by atoms with Crippen LogP contribution in [0.25, 0.3) is 5.69 Å². The number of likely N-dealkylation sites (tertiary alicyclic amines) is 1. The first-order valence-electron chi connectivity index (χ1n) is 8.19. The van der Waals surface area contributed by atoms with Crippen molar-refractivity contribution >= 4 is 17.5 Å². The molecule has 1 aliphatic heterocycles. The van der Waals surface area contributed by atoms with Gasteiger partial charge in [0.2, 0.25) is 0 Å². The number of alkyl halides is 3. The maximum atomic E-state index is 13.7. The summed E-state index contributed by atoms with van der Waals surface area (Å²) in [7, 11) is 1.78. The zero-order valence-corrected chi connectivity index (χ0v) is 14.8. The van der Waals surface area contributed by atoms with Crippen molar-refractivity contribution in [1.29, 1.82) is 0 Å². The van der Waals surface area contributed by atoms with E-state index in [0.717, 1.165) is 23.7 Å². The molecule has 1 fully saturated rings. The van der Waals surface area contributed by atoms with Crippen molar-refractivity contribution in [2.45, 2.75) is 25.1 Å². The Hall–Kier alpha value is -2.06. The summed E-state index contributed by atoms with van der Waals surface area (Å²) in [5.74, 6) is -0.655. The summed E-state index contributed by atoms with van der Waals surface area (Å²) in [5.41, 5.74) is -1.33. The second kappa shape index (κ2) is 7.28. The highest BCUT2D eigenvalue weighted by Gasteiger charge is 2.41. The van der Waals surface area contributed by atoms with Crippen LogP contribution in [0, 0.1) is 0 Å². The Balaban J connectivity index is 1.99. The Morgan fingerprint density at radius 1 is 1.31 bits per heavy atom. The van der Waals surface area contributed by atoms with Gasteiger partial charge in [-0.15, -0.1) is 0 Å². The van der Waals surface area contributed by atoms with Gasteiger partial charge in [0.25, 0.3) is 5.91 Å². The molecule has 1 aromatic heterocycles. The summed E-state index contributed by atoms with van der Waals surface area (Å²) < 4.78 is 41.9. The van der Waals surface area contributed by atoms with E-state index in [1.165, 1.54) is 29.2 Å². The monoisotopic (exact) mass is 386 g/mol. The van der Waals surface area contributed by atoms with Gasteiger partial charge in [0, 0.05) is 24.2 Å². The minimum atomic E-state index is -4.72. The van der Waals surface area contributed by atoms with E-state index < -0.39 is 23.3 Å². The molecule has 3 rings (SSSR count). The van der Waals surface area contributed by atoms with Gasteiger partial charge in [-0.1, -0.05) is 11.6 Å². The quantitative estimate of drug-likeness (QED) is 0.880. The van der Waals surface area contributed by atoms with Crippen LogP contribution in [0.2, 0.25) is 5.02 Å². The number of carbonyl (C=O) groups excluding carboxylic acids is 1. The maximum absolute atomic E-state index is 13.7. The Kier molecular flexibility index (Phi) is 5.24. The van der Waals surface area contributed by atoms with Crippen LogP contribution >= 0.6 is 11.6 Å². The SMILES string of the molecule is CNC1CCCN(C(=O)c2cnn(-c3ccc(Cl)cc3)c2C(F)(F)F)C1. The lowest BCUT2D eigenvalue weighted by molar-refractivity contribution is -0.143. The first-order chi connectivity index (χ1) is 12.3. The average molecular weight is 387 g/mol. The molecule has 0 saturated carbocycles. The van der Waals surface area contributed by atoms with Gasteiger partial charge in [0.05, 0.1) is 17.4 Å². The number of halogens is 4. The normalized spacial score (nSPS) is 18.2. The summed E-state index contributed by atoms with van der Waals surface area (Å²) in [6.07, 6.45) is -2.11. The van der Waals surface area contributed by atoms with Gasteiger partial charge >= 0.3 is 6.18 Å². The summed E-state index contributed by atoms with van der Waals surface area (Å²) >= 11 is 5.79. The number of nitrogens with one attached hydrogen (secondary N) is 1. The Bertz CT molecular complexity index is 788. The molecule has 1 unspecified atom stereocenters. The van der Waals surface area contributed by atoms with Gasteiger partial charge in [-0.2, -0.15) is 18.3 Å². The number of nitrogens with zero attached hydrogens (tertiary/aromatic N) is 3. The van der Waals surface area contributed by atoms with Crippen LogP contribution < -0.4 is 5.32 Å². The summed E-state index contributed by atoms with van der Waals surface area (Å²) in [6, 6.07) is 5.88. The number of piperidine rings is 1. The molecule has 140 valence electrons. The summed E-state index contributed by atoms with van der Waals surface area (Å²) in [5, 5.41) is 7.30. The molecule has 1 aliphatic rings. The Morgan fingerprint density at radius 2 is 2.00 bits per heavy atom. The number of hydrogen-bond donors (Lipinski definition) is 1. The van der Waals surface area contributed by atoms with Gasteiger partial charge in [-0.3, -0.25) is 4.79 Å². The van der Waals surface area contributed by atoms with Crippen molar-refractivity contribution < 1.29 is 18.0 Å². The van der Waals surface area contributed by atoms with E-state index in [1.54, 1.807) is 7.05 Å². The summed E-state index contributed by atoms with van der Waals surface area (Å²) in [4.78, 5) is 14.2. The van der Waals surface area contributed by atoms with Crippen LogP contribution in [0.5, 0.6) is 0 Å². The zero-order chi connectivity index (χ0) is 18.9. The number of likely N-dealkylation sites (N-methyl/N-ethyl adjacent to an activating group) is 1. The summed E-state index contributed by atoms with van der Waals surface area (Å²) in [6.45, 7) is 0.805. The lowest BCUT2D eigenvalue weighted by Gasteiger charge is -2.32. The van der Waals surface area contributed by atoms with E-state index in [2.05, 4.69) is 10.4 Å². The third-order valence-electron chi connectivity index (χ3n) is 4.46. The highest BCUT2D eigenvalue weighted by atomic mass is 35.5. The number of rotatable bonds is 3. The number of aromatic nitrogens is 2. The Labute approximate surface area is 153 Å². The third kappa shape index (κ3) is 3.71. The van der Waals surface area contributed by atoms with Crippen molar-refractivity contribution in [1.82, 2.24) is 20.0 Å². The van der Waals surface area contributed by atoms with E-state index in [4.69, 9.17) is 11.6 Å². The fourth-order valence-corrected chi connectivity index (χ4v) is 3.25. The molecule has 0 radical (unpaired) electrons. The van der Waals surface area contributed by atoms with Gasteiger partial charge < -0.3 is 10.2 Å². The zero-order valence-electron chi connectivity index (χ0n) is 14.1. The number of amides is 1. The minimum absolute atomic E-state index is 0.0772. The lowest BCUT2D eigenvalue weighted by atomic mass is 10.0. The molecule has 1 aromatic carbocycles. The van der Waals surface area contributed by atoms with Crippen LogP contribution in [-0.2, 0) is 6.18 Å². The first kappa shape index (κ1) is 18.7. The average Bonchev–Trinajstić information content (AvgIpc) is 3.07. The second-order valence-electron chi connectivity index (χ2n) is 6.17. The van der Waals surface area contributed by atoms with Crippen molar-refractivity contribution in [2.75, 3.05) is 20.1 Å². The van der Waals surface area contributed by atoms with Gasteiger partial charge in [0.1, 0.15) is 0 Å². The van der Waals surface area contributed by atoms with Gasteiger partial charge in [-0.05, 0) is 44.2 Å². The van der Waals surface area contributed by atoms with Gasteiger partial charge in [-0.25, -0.2) is 4.68 Å². The molecule has 1 atom stereocenters. The molecule has 1 amide bonds. The van der Waals surface area contributed by atoms with Crippen LogP contribution in [0.3, 0.4) is 0 Å². The molecule has 2 heterocycles. The predicted octanol–water partition coefficient (Wildman–Crippen LogP) is 3.37. The predicted molar refractivity (Wildman–Crippen MR) is 91.6 cm³/mol. The van der Waals surface area contributed by atoms with Crippen LogP contribution in [0.4, 0.5) is 13.2 Å². The van der Waals surface area contributed by atoms with Crippen LogP contribution in [0.15, 0.2) is 30.5 Å².